The Hall–Kier alpha value is -1.06. The van der Waals surface area contributed by atoms with Crippen LogP contribution < -0.4 is 10.1 Å². The Labute approximate surface area is 116 Å². The Bertz CT molecular complexity index is 388. The van der Waals surface area contributed by atoms with E-state index in [1.165, 1.54) is 29.5 Å². The Morgan fingerprint density at radius 3 is 2.63 bits per heavy atom. The number of hydrogen-bond donors (Lipinski definition) is 1. The molecule has 3 nitrogen and oxygen atoms in total. The molecular weight excluding hydrogens is 238 g/mol. The van der Waals surface area contributed by atoms with Gasteiger partial charge in [0.1, 0.15) is 12.4 Å². The Morgan fingerprint density at radius 1 is 1.26 bits per heavy atom. The topological polar surface area (TPSA) is 30.5 Å². The van der Waals surface area contributed by atoms with Gasteiger partial charge < -0.3 is 14.8 Å². The van der Waals surface area contributed by atoms with Gasteiger partial charge in [0, 0.05) is 19.7 Å². The lowest BCUT2D eigenvalue weighted by Gasteiger charge is -2.14. The molecule has 0 aliphatic carbocycles. The van der Waals surface area contributed by atoms with Gasteiger partial charge in [-0.1, -0.05) is 17.7 Å². The molecule has 1 N–H and O–H groups in total. The highest BCUT2D eigenvalue weighted by Gasteiger charge is 2.14. The van der Waals surface area contributed by atoms with E-state index < -0.39 is 0 Å². The van der Waals surface area contributed by atoms with E-state index in [0.29, 0.717) is 12.7 Å². The second kappa shape index (κ2) is 6.92. The summed E-state index contributed by atoms with van der Waals surface area (Å²) >= 11 is 0. The molecule has 0 radical (unpaired) electrons. The molecule has 19 heavy (non-hydrogen) atoms. The van der Waals surface area contributed by atoms with Crippen LogP contribution in [0, 0.1) is 20.8 Å². The van der Waals surface area contributed by atoms with Crippen LogP contribution in [-0.2, 0) is 4.74 Å². The third-order valence-electron chi connectivity index (χ3n) is 3.53. The van der Waals surface area contributed by atoms with Gasteiger partial charge in [0.25, 0.3) is 0 Å². The molecule has 106 valence electrons. The first-order valence-corrected chi connectivity index (χ1v) is 7.20. The minimum atomic E-state index is 0.405. The molecule has 1 unspecified atom stereocenters. The number of ether oxygens (including phenoxy) is 2. The minimum Gasteiger partial charge on any atom is -0.492 e. The van der Waals surface area contributed by atoms with E-state index in [0.717, 1.165) is 25.4 Å². The lowest BCUT2D eigenvalue weighted by atomic mass is 10.1. The molecule has 2 rings (SSSR count). The van der Waals surface area contributed by atoms with Crippen LogP contribution in [0.15, 0.2) is 12.1 Å². The van der Waals surface area contributed by atoms with Crippen LogP contribution in [0.5, 0.6) is 5.75 Å². The van der Waals surface area contributed by atoms with Gasteiger partial charge in [-0.05, 0) is 44.7 Å². The minimum absolute atomic E-state index is 0.405. The van der Waals surface area contributed by atoms with Gasteiger partial charge >= 0.3 is 0 Å². The standard InChI is InChI=1S/C16H25NO2/c1-12-9-13(2)16(14(3)10-12)19-8-6-17-11-15-5-4-7-18-15/h9-10,15,17H,4-8,11H2,1-3H3. The van der Waals surface area contributed by atoms with E-state index in [1.54, 1.807) is 0 Å². The van der Waals surface area contributed by atoms with Crippen molar-refractivity contribution in [1.82, 2.24) is 5.32 Å². The number of hydrogen-bond acceptors (Lipinski definition) is 3. The van der Waals surface area contributed by atoms with Crippen LogP contribution in [-0.4, -0.2) is 32.4 Å². The molecule has 0 bridgehead atoms. The van der Waals surface area contributed by atoms with Crippen molar-refractivity contribution in [2.75, 3.05) is 26.3 Å². The van der Waals surface area contributed by atoms with Crippen LogP contribution in [0.1, 0.15) is 29.5 Å². The van der Waals surface area contributed by atoms with E-state index in [-0.39, 0.29) is 0 Å². The highest BCUT2D eigenvalue weighted by atomic mass is 16.5. The Kier molecular flexibility index (Phi) is 5.23. The van der Waals surface area contributed by atoms with Crippen molar-refractivity contribution in [3.8, 4) is 5.75 Å². The third-order valence-corrected chi connectivity index (χ3v) is 3.53. The first kappa shape index (κ1) is 14.4. The molecule has 1 atom stereocenters. The van der Waals surface area contributed by atoms with Crippen LogP contribution in [0.2, 0.25) is 0 Å². The molecule has 1 aliphatic rings. The van der Waals surface area contributed by atoms with Crippen molar-refractivity contribution in [2.24, 2.45) is 0 Å². The first-order valence-electron chi connectivity index (χ1n) is 7.20. The second-order valence-electron chi connectivity index (χ2n) is 5.42. The molecule has 1 aliphatic heterocycles. The van der Waals surface area contributed by atoms with Gasteiger partial charge in [-0.15, -0.1) is 0 Å². The monoisotopic (exact) mass is 263 g/mol. The Balaban J connectivity index is 1.70. The zero-order valence-electron chi connectivity index (χ0n) is 12.3. The summed E-state index contributed by atoms with van der Waals surface area (Å²) in [7, 11) is 0. The van der Waals surface area contributed by atoms with Gasteiger partial charge in [0.15, 0.2) is 0 Å². The predicted molar refractivity (Wildman–Crippen MR) is 78.0 cm³/mol. The highest BCUT2D eigenvalue weighted by Crippen LogP contribution is 2.24. The van der Waals surface area contributed by atoms with Crippen molar-refractivity contribution in [1.29, 1.82) is 0 Å². The fourth-order valence-electron chi connectivity index (χ4n) is 2.69. The molecule has 1 fully saturated rings. The maximum atomic E-state index is 5.88. The summed E-state index contributed by atoms with van der Waals surface area (Å²) in [6.45, 7) is 9.76. The largest absolute Gasteiger partial charge is 0.492 e. The van der Waals surface area contributed by atoms with Crippen molar-refractivity contribution in [3.63, 3.8) is 0 Å². The smallest absolute Gasteiger partial charge is 0.125 e. The Morgan fingerprint density at radius 2 is 2.00 bits per heavy atom. The van der Waals surface area contributed by atoms with Crippen LogP contribution in [0.4, 0.5) is 0 Å². The maximum Gasteiger partial charge on any atom is 0.125 e. The number of benzene rings is 1. The van der Waals surface area contributed by atoms with Gasteiger partial charge in [-0.25, -0.2) is 0 Å². The molecule has 1 heterocycles. The number of rotatable bonds is 6. The average molecular weight is 263 g/mol. The van der Waals surface area contributed by atoms with Crippen molar-refractivity contribution >= 4 is 0 Å². The van der Waals surface area contributed by atoms with Gasteiger partial charge in [0.2, 0.25) is 0 Å². The lowest BCUT2D eigenvalue weighted by molar-refractivity contribution is 0.109. The summed E-state index contributed by atoms with van der Waals surface area (Å²) in [6.07, 6.45) is 2.79. The SMILES string of the molecule is Cc1cc(C)c(OCCNCC2CCCO2)c(C)c1. The van der Waals surface area contributed by atoms with E-state index in [4.69, 9.17) is 9.47 Å². The summed E-state index contributed by atoms with van der Waals surface area (Å²) in [6, 6.07) is 4.34. The maximum absolute atomic E-state index is 5.88. The first-order chi connectivity index (χ1) is 9.16. The molecule has 3 heteroatoms. The lowest BCUT2D eigenvalue weighted by Crippen LogP contribution is -2.29. The number of nitrogens with one attached hydrogen (secondary N) is 1. The van der Waals surface area contributed by atoms with Crippen LogP contribution in [0.3, 0.4) is 0 Å². The fraction of sp³-hybridized carbons (Fsp3) is 0.625. The van der Waals surface area contributed by atoms with E-state index >= 15 is 0 Å². The van der Waals surface area contributed by atoms with Crippen molar-refractivity contribution in [2.45, 2.75) is 39.7 Å². The molecule has 1 saturated heterocycles. The van der Waals surface area contributed by atoms with Gasteiger partial charge in [0.05, 0.1) is 6.10 Å². The number of aryl methyl sites for hydroxylation is 3. The van der Waals surface area contributed by atoms with Gasteiger partial charge in [-0.2, -0.15) is 0 Å². The zero-order chi connectivity index (χ0) is 13.7. The van der Waals surface area contributed by atoms with Crippen LogP contribution in [0.25, 0.3) is 0 Å². The van der Waals surface area contributed by atoms with E-state index in [9.17, 15) is 0 Å². The predicted octanol–water partition coefficient (Wildman–Crippen LogP) is 2.76. The molecular formula is C16H25NO2. The molecule has 0 saturated carbocycles. The van der Waals surface area contributed by atoms with Crippen molar-refractivity contribution in [3.05, 3.63) is 28.8 Å². The zero-order valence-corrected chi connectivity index (χ0v) is 12.3. The summed E-state index contributed by atoms with van der Waals surface area (Å²) in [5, 5.41) is 3.40. The summed E-state index contributed by atoms with van der Waals surface area (Å²) in [4.78, 5) is 0. The highest BCUT2D eigenvalue weighted by molar-refractivity contribution is 5.42. The third kappa shape index (κ3) is 4.22. The molecule has 1 aromatic rings. The summed E-state index contributed by atoms with van der Waals surface area (Å²) in [5.41, 5.74) is 3.73. The molecule has 0 aromatic heterocycles. The molecule has 0 spiro atoms. The fourth-order valence-corrected chi connectivity index (χ4v) is 2.69. The summed E-state index contributed by atoms with van der Waals surface area (Å²) < 4.78 is 11.4. The normalized spacial score (nSPS) is 18.8. The second-order valence-corrected chi connectivity index (χ2v) is 5.42. The van der Waals surface area contributed by atoms with E-state index in [2.05, 4.69) is 38.2 Å². The quantitative estimate of drug-likeness (QED) is 0.801. The molecule has 0 amide bonds. The van der Waals surface area contributed by atoms with Crippen molar-refractivity contribution < 1.29 is 9.47 Å². The van der Waals surface area contributed by atoms with Crippen LogP contribution >= 0.6 is 0 Å². The van der Waals surface area contributed by atoms with E-state index in [1.807, 2.05) is 0 Å². The molecule has 1 aromatic carbocycles. The van der Waals surface area contributed by atoms with Gasteiger partial charge in [-0.3, -0.25) is 0 Å². The average Bonchev–Trinajstić information content (AvgIpc) is 2.84. The summed E-state index contributed by atoms with van der Waals surface area (Å²) in [5.74, 6) is 1.03.